The minimum Gasteiger partial charge on any atom is -0.497 e. The maximum Gasteiger partial charge on any atom is 0.410 e. The molecular formula is C50H55F4IN8O6. The van der Waals surface area contributed by atoms with Gasteiger partial charge >= 0.3 is 12.1 Å². The van der Waals surface area contributed by atoms with Gasteiger partial charge in [0, 0.05) is 38.2 Å². The molecule has 6 atom stereocenters. The summed E-state index contributed by atoms with van der Waals surface area (Å²) in [4.78, 5) is 40.8. The van der Waals surface area contributed by atoms with Crippen LogP contribution >= 0.6 is 22.6 Å². The molecule has 366 valence electrons. The number of nitrogens with zero attached hydrogens (tertiary/aromatic N) is 8. The largest absolute Gasteiger partial charge is 0.497 e. The molecule has 3 aromatic heterocycles. The topological polar surface area (TPSA) is 128 Å². The molecule has 0 spiro atoms. The first-order valence-corrected chi connectivity index (χ1v) is 24.5. The normalized spacial score (nSPS) is 24.0. The molecule has 2 aromatic carbocycles. The number of alkyl halides is 3. The van der Waals surface area contributed by atoms with Gasteiger partial charge in [0.2, 0.25) is 5.88 Å². The summed E-state index contributed by atoms with van der Waals surface area (Å²) in [5, 5.41) is 0.187. The molecule has 14 nitrogen and oxygen atoms in total. The number of fused-ring (bicyclic) bond motifs is 6. The number of carbonyl (C=O) groups is 1. The molecule has 2 bridgehead atoms. The van der Waals surface area contributed by atoms with Crippen molar-refractivity contribution in [1.82, 2.24) is 29.7 Å². The average Bonchev–Trinajstić information content (AvgIpc) is 3.93. The van der Waals surface area contributed by atoms with Crippen molar-refractivity contribution in [2.24, 2.45) is 0 Å². The Labute approximate surface area is 411 Å². The first-order valence-electron chi connectivity index (χ1n) is 23.4. The molecule has 0 aliphatic carbocycles. The Morgan fingerprint density at radius 1 is 0.971 bits per heavy atom. The van der Waals surface area contributed by atoms with Gasteiger partial charge in [-0.1, -0.05) is 24.3 Å². The van der Waals surface area contributed by atoms with Crippen LogP contribution in [0.25, 0.3) is 22.2 Å². The van der Waals surface area contributed by atoms with Crippen LogP contribution in [0.15, 0.2) is 54.6 Å². The highest BCUT2D eigenvalue weighted by molar-refractivity contribution is 14.1. The highest BCUT2D eigenvalue weighted by atomic mass is 127. The molecule has 1 amide bonds. The van der Waals surface area contributed by atoms with Crippen molar-refractivity contribution in [3.63, 3.8) is 0 Å². The molecular weight excluding hydrogens is 1010 g/mol. The summed E-state index contributed by atoms with van der Waals surface area (Å²) in [5.74, 6) is 0.880. The van der Waals surface area contributed by atoms with E-state index in [1.165, 1.54) is 0 Å². The number of carbonyl (C=O) groups excluding carboxylic acids is 1. The number of benzene rings is 2. The molecule has 69 heavy (non-hydrogen) atoms. The third-order valence-corrected chi connectivity index (χ3v) is 15.3. The molecule has 5 aliphatic rings. The van der Waals surface area contributed by atoms with Crippen LogP contribution in [0, 0.1) is 9.39 Å². The quantitative estimate of drug-likeness (QED) is 0.0870. The summed E-state index contributed by atoms with van der Waals surface area (Å²) in [5.41, 5.74) is -0.563. The Kier molecular flexibility index (Phi) is 12.6. The van der Waals surface area contributed by atoms with Gasteiger partial charge in [0.05, 0.1) is 41.5 Å². The van der Waals surface area contributed by atoms with Gasteiger partial charge in [-0.3, -0.25) is 9.80 Å². The number of hydrogen-bond donors (Lipinski definition) is 0. The van der Waals surface area contributed by atoms with Gasteiger partial charge in [-0.05, 0) is 124 Å². The van der Waals surface area contributed by atoms with E-state index in [-0.39, 0.29) is 75.2 Å². The number of pyridine rings is 2. The molecule has 0 saturated carbocycles. The summed E-state index contributed by atoms with van der Waals surface area (Å²) in [6.45, 7) is 9.30. The lowest BCUT2D eigenvalue weighted by Crippen LogP contribution is -2.65. The predicted octanol–water partition coefficient (Wildman–Crippen LogP) is 9.68. The molecule has 5 aromatic rings. The van der Waals surface area contributed by atoms with Crippen LogP contribution in [-0.2, 0) is 17.8 Å². The van der Waals surface area contributed by atoms with Gasteiger partial charge in [-0.15, -0.1) is 0 Å². The van der Waals surface area contributed by atoms with Crippen LogP contribution in [0.4, 0.5) is 34.0 Å². The number of rotatable bonds is 12. The summed E-state index contributed by atoms with van der Waals surface area (Å²) in [7, 11) is 3.15. The summed E-state index contributed by atoms with van der Waals surface area (Å²) >= 11 is 1.79. The van der Waals surface area contributed by atoms with E-state index in [0.29, 0.717) is 49.7 Å². The maximum atomic E-state index is 18.0. The first-order chi connectivity index (χ1) is 33.0. The first kappa shape index (κ1) is 47.2. The van der Waals surface area contributed by atoms with E-state index in [9.17, 15) is 9.18 Å². The van der Waals surface area contributed by atoms with Crippen LogP contribution in [0.5, 0.6) is 23.4 Å². The van der Waals surface area contributed by atoms with Crippen molar-refractivity contribution in [3.8, 4) is 34.6 Å². The number of piperazine rings is 1. The number of hydrogen-bond acceptors (Lipinski definition) is 13. The standard InChI is InChI=1S/C50H55F4IN8O6/c1-27-43-35-17-12-31(63(35)48(64)69-49(2,3)4)25-62(43)45-37-41(58-47(59-45)67-26-50-18-7-19-61(50)24-30(51)21-50)38(52)40(57-46(37)68-27)34-20-36(56-42(39(34)55)44(53)54)60(22-28-8-13-32(65-5)14-9-28)23-29-10-15-33(66-6)16-11-29/h8-11,13-16,20,27,30-31,35,43-44H,7,12,17-19,21-26H2,1-6H3/t27-,30+,31+,35-,43+,50-/m0/s1. The number of aromatic nitrogens is 4. The molecule has 8 heterocycles. The number of amides is 1. The molecule has 0 radical (unpaired) electrons. The second-order valence-corrected chi connectivity index (χ2v) is 20.8. The zero-order valence-electron chi connectivity index (χ0n) is 39.4. The van der Waals surface area contributed by atoms with E-state index in [4.69, 9.17) is 38.6 Å². The minimum atomic E-state index is -3.04. The Hall–Kier alpha value is -5.44. The maximum absolute atomic E-state index is 18.0. The van der Waals surface area contributed by atoms with E-state index in [2.05, 4.69) is 14.8 Å². The SMILES string of the molecule is COc1ccc(CN(Cc2ccc(OC)cc2)c2cc(-c3nc4c5c(nc(OC[C@@]67CCCN6C[C@H](F)C7)nc5c3F)N3C[C@H]5CC[C@@H]([C@H]3[C@H](C)O4)N5C(=O)OC(C)(C)C)c(I)c(C(F)F)n2)cc1. The second-order valence-electron chi connectivity index (χ2n) is 19.7. The Morgan fingerprint density at radius 3 is 2.29 bits per heavy atom. The third kappa shape index (κ3) is 8.90. The molecule has 4 saturated heterocycles. The molecule has 5 aliphatic heterocycles. The lowest BCUT2D eigenvalue weighted by molar-refractivity contribution is 0.000929. The highest BCUT2D eigenvalue weighted by Gasteiger charge is 2.54. The fraction of sp³-hybridized carbons (Fsp3) is 0.500. The van der Waals surface area contributed by atoms with Gasteiger partial charge in [0.25, 0.3) is 6.43 Å². The van der Waals surface area contributed by atoms with Crippen LogP contribution in [0.3, 0.4) is 0 Å². The summed E-state index contributed by atoms with van der Waals surface area (Å²) < 4.78 is 93.5. The summed E-state index contributed by atoms with van der Waals surface area (Å²) in [6.07, 6.45) is -1.85. The van der Waals surface area contributed by atoms with E-state index in [1.54, 1.807) is 47.8 Å². The van der Waals surface area contributed by atoms with Gasteiger partial charge in [-0.25, -0.2) is 32.3 Å². The van der Waals surface area contributed by atoms with E-state index >= 15 is 13.2 Å². The van der Waals surface area contributed by atoms with Crippen molar-refractivity contribution < 1.29 is 46.0 Å². The van der Waals surface area contributed by atoms with E-state index in [1.807, 2.05) is 81.1 Å². The van der Waals surface area contributed by atoms with Gasteiger partial charge < -0.3 is 33.5 Å². The predicted molar refractivity (Wildman–Crippen MR) is 259 cm³/mol. The Morgan fingerprint density at radius 2 is 1.65 bits per heavy atom. The third-order valence-electron chi connectivity index (χ3n) is 14.1. The van der Waals surface area contributed by atoms with Crippen molar-refractivity contribution in [2.75, 3.05) is 50.3 Å². The zero-order chi connectivity index (χ0) is 48.5. The molecule has 10 rings (SSSR count). The fourth-order valence-corrected chi connectivity index (χ4v) is 11.8. The van der Waals surface area contributed by atoms with Gasteiger partial charge in [0.1, 0.15) is 69.9 Å². The molecule has 0 N–H and O–H groups in total. The average molecular weight is 1070 g/mol. The van der Waals surface area contributed by atoms with Crippen LogP contribution in [-0.4, -0.2) is 118 Å². The van der Waals surface area contributed by atoms with Gasteiger partial charge in [-0.2, -0.15) is 9.97 Å². The van der Waals surface area contributed by atoms with Crippen molar-refractivity contribution in [3.05, 3.63) is 80.8 Å². The van der Waals surface area contributed by atoms with Crippen LogP contribution < -0.4 is 28.7 Å². The van der Waals surface area contributed by atoms with Gasteiger partial charge in [0.15, 0.2) is 5.82 Å². The highest BCUT2D eigenvalue weighted by Crippen LogP contribution is 2.48. The molecule has 4 fully saturated rings. The lowest BCUT2D eigenvalue weighted by atomic mass is 9.95. The Balaban J connectivity index is 1.12. The minimum absolute atomic E-state index is 0.00208. The lowest BCUT2D eigenvalue weighted by Gasteiger charge is -2.48. The number of ether oxygens (including phenoxy) is 5. The van der Waals surface area contributed by atoms with Crippen LogP contribution in [0.2, 0.25) is 0 Å². The van der Waals surface area contributed by atoms with E-state index in [0.717, 1.165) is 30.5 Å². The van der Waals surface area contributed by atoms with Crippen molar-refractivity contribution in [2.45, 2.75) is 121 Å². The van der Waals surface area contributed by atoms with Crippen molar-refractivity contribution >= 4 is 51.2 Å². The summed E-state index contributed by atoms with van der Waals surface area (Å²) in [6, 6.07) is 15.1. The smallest absolute Gasteiger partial charge is 0.410 e. The van der Waals surface area contributed by atoms with Crippen molar-refractivity contribution in [1.29, 1.82) is 0 Å². The molecule has 19 heteroatoms. The number of anilines is 2. The second kappa shape index (κ2) is 18.4. The molecule has 0 unspecified atom stereocenters. The number of halogens is 5. The zero-order valence-corrected chi connectivity index (χ0v) is 41.5. The monoisotopic (exact) mass is 1070 g/mol. The number of methoxy groups -OCH3 is 2. The Bertz CT molecular complexity index is 2700. The van der Waals surface area contributed by atoms with Crippen LogP contribution in [0.1, 0.15) is 83.0 Å². The fourth-order valence-electron chi connectivity index (χ4n) is 11.0. The van der Waals surface area contributed by atoms with E-state index < -0.39 is 53.5 Å².